The van der Waals surface area contributed by atoms with Gasteiger partial charge in [-0.1, -0.05) is 35.9 Å². The highest BCUT2D eigenvalue weighted by Gasteiger charge is 2.31. The molecule has 1 aliphatic heterocycles. The van der Waals surface area contributed by atoms with Crippen molar-refractivity contribution in [2.75, 3.05) is 5.75 Å². The zero-order valence-electron chi connectivity index (χ0n) is 14.2. The summed E-state index contributed by atoms with van der Waals surface area (Å²) in [6.07, 6.45) is -0.309. The van der Waals surface area contributed by atoms with E-state index in [-0.39, 0.29) is 17.7 Å². The highest BCUT2D eigenvalue weighted by atomic mass is 32.2. The summed E-state index contributed by atoms with van der Waals surface area (Å²) in [5.74, 6) is 0.391. The highest BCUT2D eigenvalue weighted by Crippen LogP contribution is 2.32. The molecule has 0 unspecified atom stereocenters. The van der Waals surface area contributed by atoms with Crippen molar-refractivity contribution in [3.8, 4) is 5.75 Å². The van der Waals surface area contributed by atoms with Gasteiger partial charge in [-0.05, 0) is 44.0 Å². The zero-order valence-corrected chi connectivity index (χ0v) is 15.0. The molecule has 0 saturated carbocycles. The van der Waals surface area contributed by atoms with Crippen LogP contribution in [0.2, 0.25) is 0 Å². The van der Waals surface area contributed by atoms with Crippen molar-refractivity contribution in [1.82, 2.24) is 5.32 Å². The molecule has 0 bridgehead atoms. The van der Waals surface area contributed by atoms with E-state index in [9.17, 15) is 13.2 Å². The Morgan fingerprint density at radius 3 is 2.56 bits per heavy atom. The number of hydrogen-bond donors (Lipinski definition) is 1. The van der Waals surface area contributed by atoms with Crippen molar-refractivity contribution < 1.29 is 17.9 Å². The minimum Gasteiger partial charge on any atom is -0.481 e. The molecule has 1 N–H and O–H groups in total. The third-order valence-electron chi connectivity index (χ3n) is 4.32. The molecule has 0 fully saturated rings. The molecule has 1 heterocycles. The van der Waals surface area contributed by atoms with E-state index in [2.05, 4.69) is 5.32 Å². The van der Waals surface area contributed by atoms with Gasteiger partial charge in [-0.15, -0.1) is 0 Å². The summed E-state index contributed by atoms with van der Waals surface area (Å²) in [5, 5.41) is 2.92. The van der Waals surface area contributed by atoms with Gasteiger partial charge in [0.25, 0.3) is 5.91 Å². The number of rotatable bonds is 4. The molecule has 2 atom stereocenters. The van der Waals surface area contributed by atoms with Crippen LogP contribution in [0.5, 0.6) is 5.75 Å². The Labute approximate surface area is 147 Å². The molecule has 0 aliphatic carbocycles. The van der Waals surface area contributed by atoms with Crippen LogP contribution in [0.25, 0.3) is 0 Å². The van der Waals surface area contributed by atoms with E-state index in [0.717, 1.165) is 5.56 Å². The van der Waals surface area contributed by atoms with Gasteiger partial charge in [-0.2, -0.15) is 0 Å². The molecule has 0 saturated heterocycles. The maximum Gasteiger partial charge on any atom is 0.261 e. The average Bonchev–Trinajstić information content (AvgIpc) is 2.59. The number of carbonyl (C=O) groups excluding carboxylic acids is 1. The fraction of sp³-hybridized carbons (Fsp3) is 0.316. The second-order valence-electron chi connectivity index (χ2n) is 6.28. The van der Waals surface area contributed by atoms with Crippen LogP contribution >= 0.6 is 0 Å². The Kier molecular flexibility index (Phi) is 4.81. The molecule has 0 aromatic heterocycles. The minimum absolute atomic E-state index is 0.0299. The number of fused-ring (bicyclic) bond motifs is 1. The normalized spacial score (nSPS) is 19.5. The number of carbonyl (C=O) groups is 1. The summed E-state index contributed by atoms with van der Waals surface area (Å²) in [7, 11) is -3.27. The van der Waals surface area contributed by atoms with E-state index in [1.807, 2.05) is 31.2 Å². The molecule has 2 aromatic rings. The van der Waals surface area contributed by atoms with E-state index in [4.69, 9.17) is 4.74 Å². The van der Waals surface area contributed by atoms with Crippen LogP contribution in [-0.2, 0) is 14.6 Å². The quantitative estimate of drug-likeness (QED) is 0.911. The zero-order chi connectivity index (χ0) is 18.0. The van der Waals surface area contributed by atoms with E-state index in [1.54, 1.807) is 31.2 Å². The first-order chi connectivity index (χ1) is 11.9. The van der Waals surface area contributed by atoms with Gasteiger partial charge in [0.15, 0.2) is 15.9 Å². The molecular weight excluding hydrogens is 338 g/mol. The molecule has 5 nitrogen and oxygen atoms in total. The highest BCUT2D eigenvalue weighted by molar-refractivity contribution is 7.91. The maximum atomic E-state index is 12.5. The lowest BCUT2D eigenvalue weighted by Gasteiger charge is -2.27. The summed E-state index contributed by atoms with van der Waals surface area (Å²) in [5.41, 5.74) is 1.76. The number of sulfone groups is 1. The first-order valence-electron chi connectivity index (χ1n) is 8.22. The maximum absolute atomic E-state index is 12.5. The van der Waals surface area contributed by atoms with Crippen LogP contribution in [0.3, 0.4) is 0 Å². The van der Waals surface area contributed by atoms with Crippen molar-refractivity contribution in [3.63, 3.8) is 0 Å². The summed E-state index contributed by atoms with van der Waals surface area (Å²) < 4.78 is 30.0. The Hall–Kier alpha value is -2.34. The predicted molar refractivity (Wildman–Crippen MR) is 95.3 cm³/mol. The largest absolute Gasteiger partial charge is 0.481 e. The number of nitrogens with one attached hydrogen (secondary N) is 1. The van der Waals surface area contributed by atoms with Gasteiger partial charge < -0.3 is 10.1 Å². The fourth-order valence-electron chi connectivity index (χ4n) is 2.90. The number of benzene rings is 2. The van der Waals surface area contributed by atoms with Crippen LogP contribution in [0.15, 0.2) is 53.4 Å². The number of ether oxygens (including phenoxy) is 1. The Morgan fingerprint density at radius 1 is 1.16 bits per heavy atom. The van der Waals surface area contributed by atoms with Gasteiger partial charge in [-0.25, -0.2) is 8.42 Å². The second kappa shape index (κ2) is 6.88. The smallest absolute Gasteiger partial charge is 0.261 e. The van der Waals surface area contributed by atoms with Crippen molar-refractivity contribution in [1.29, 1.82) is 0 Å². The lowest BCUT2D eigenvalue weighted by molar-refractivity contribution is -0.128. The SMILES string of the molecule is Cc1ccc(O[C@H](C)C(=O)N[C@H]2CCS(=O)(=O)c3ccccc32)cc1. The number of hydrogen-bond acceptors (Lipinski definition) is 4. The van der Waals surface area contributed by atoms with Crippen LogP contribution in [0, 0.1) is 6.92 Å². The van der Waals surface area contributed by atoms with Crippen LogP contribution in [0.4, 0.5) is 0 Å². The summed E-state index contributed by atoms with van der Waals surface area (Å²) in [6, 6.07) is 14.0. The Morgan fingerprint density at radius 2 is 1.84 bits per heavy atom. The molecule has 3 rings (SSSR count). The Bertz CT molecular complexity index is 875. The summed E-state index contributed by atoms with van der Waals surface area (Å²) in [4.78, 5) is 12.8. The monoisotopic (exact) mass is 359 g/mol. The van der Waals surface area contributed by atoms with Crippen LogP contribution in [-0.4, -0.2) is 26.2 Å². The van der Waals surface area contributed by atoms with Crippen molar-refractivity contribution in [3.05, 3.63) is 59.7 Å². The first kappa shape index (κ1) is 17.5. The lowest BCUT2D eigenvalue weighted by Crippen LogP contribution is -2.40. The molecule has 25 heavy (non-hydrogen) atoms. The summed E-state index contributed by atoms with van der Waals surface area (Å²) >= 11 is 0. The second-order valence-corrected chi connectivity index (χ2v) is 8.36. The molecular formula is C19H21NO4S. The molecule has 0 spiro atoms. The van der Waals surface area contributed by atoms with Gasteiger partial charge in [0.1, 0.15) is 5.75 Å². The molecule has 1 aliphatic rings. The number of aryl methyl sites for hydroxylation is 1. The Balaban J connectivity index is 1.71. The molecule has 132 valence electrons. The third kappa shape index (κ3) is 3.85. The van der Waals surface area contributed by atoms with Crippen molar-refractivity contribution in [2.24, 2.45) is 0 Å². The van der Waals surface area contributed by atoms with E-state index < -0.39 is 15.9 Å². The fourth-order valence-corrected chi connectivity index (χ4v) is 4.52. The molecule has 2 aromatic carbocycles. The van der Waals surface area contributed by atoms with Gasteiger partial charge in [0, 0.05) is 0 Å². The molecule has 0 radical (unpaired) electrons. The molecule has 1 amide bonds. The van der Waals surface area contributed by atoms with Gasteiger partial charge in [0.05, 0.1) is 16.7 Å². The van der Waals surface area contributed by atoms with E-state index in [1.165, 1.54) is 0 Å². The van der Waals surface area contributed by atoms with E-state index in [0.29, 0.717) is 22.6 Å². The van der Waals surface area contributed by atoms with Crippen LogP contribution < -0.4 is 10.1 Å². The average molecular weight is 359 g/mol. The third-order valence-corrected chi connectivity index (χ3v) is 6.14. The van der Waals surface area contributed by atoms with E-state index >= 15 is 0 Å². The standard InChI is InChI=1S/C19H21NO4S/c1-13-7-9-15(10-8-13)24-14(2)19(21)20-17-11-12-25(22,23)18-6-4-3-5-16(17)18/h3-10,14,17H,11-12H2,1-2H3,(H,20,21)/t14-,17+/m1/s1. The summed E-state index contributed by atoms with van der Waals surface area (Å²) in [6.45, 7) is 3.66. The number of amides is 1. The lowest BCUT2D eigenvalue weighted by atomic mass is 10.0. The minimum atomic E-state index is -3.27. The molecule has 6 heteroatoms. The van der Waals surface area contributed by atoms with Gasteiger partial charge in [0.2, 0.25) is 0 Å². The first-order valence-corrected chi connectivity index (χ1v) is 9.87. The topological polar surface area (TPSA) is 72.5 Å². The van der Waals surface area contributed by atoms with Gasteiger partial charge in [-0.3, -0.25) is 4.79 Å². The van der Waals surface area contributed by atoms with Crippen molar-refractivity contribution >= 4 is 15.7 Å². The van der Waals surface area contributed by atoms with Crippen molar-refractivity contribution in [2.45, 2.75) is 37.3 Å². The van der Waals surface area contributed by atoms with Gasteiger partial charge >= 0.3 is 0 Å². The van der Waals surface area contributed by atoms with Crippen LogP contribution in [0.1, 0.15) is 30.5 Å². The predicted octanol–water partition coefficient (Wildman–Crippen LogP) is 2.80.